The first kappa shape index (κ1) is 12.5. The Kier molecular flexibility index (Phi) is 3.89. The van der Waals surface area contributed by atoms with E-state index in [1.165, 1.54) is 0 Å². The van der Waals surface area contributed by atoms with Gasteiger partial charge in [-0.3, -0.25) is 15.0 Å². The summed E-state index contributed by atoms with van der Waals surface area (Å²) in [7, 11) is 0. The van der Waals surface area contributed by atoms with Crippen molar-refractivity contribution < 1.29 is 0 Å². The van der Waals surface area contributed by atoms with Crippen LogP contribution in [0.4, 0.5) is 11.4 Å². The molecule has 0 amide bonds. The first-order valence-corrected chi connectivity index (χ1v) is 6.11. The Morgan fingerprint density at radius 1 is 1.00 bits per heavy atom. The fraction of sp³-hybridized carbons (Fsp3) is 0.286. The molecular formula is C14H18N4. The molecule has 94 valence electrons. The van der Waals surface area contributed by atoms with Crippen molar-refractivity contribution >= 4 is 11.4 Å². The summed E-state index contributed by atoms with van der Waals surface area (Å²) in [5.41, 5.74) is 7.43. The number of hydrazine groups is 1. The van der Waals surface area contributed by atoms with E-state index in [9.17, 15) is 0 Å². The molecule has 0 atom stereocenters. The molecular weight excluding hydrogens is 224 g/mol. The van der Waals surface area contributed by atoms with E-state index in [0.717, 1.165) is 29.3 Å². The van der Waals surface area contributed by atoms with E-state index in [2.05, 4.69) is 34.5 Å². The number of anilines is 2. The molecule has 0 radical (unpaired) electrons. The van der Waals surface area contributed by atoms with Gasteiger partial charge in [-0.25, -0.2) is 5.43 Å². The third-order valence-corrected chi connectivity index (χ3v) is 2.76. The van der Waals surface area contributed by atoms with E-state index in [-0.39, 0.29) is 0 Å². The van der Waals surface area contributed by atoms with Crippen LogP contribution >= 0.6 is 0 Å². The molecule has 4 nitrogen and oxygen atoms in total. The lowest BCUT2D eigenvalue weighted by atomic mass is 10.2. The average molecular weight is 242 g/mol. The van der Waals surface area contributed by atoms with Gasteiger partial charge >= 0.3 is 0 Å². The second-order valence-electron chi connectivity index (χ2n) is 4.06. The summed E-state index contributed by atoms with van der Waals surface area (Å²) in [6.07, 6.45) is 3.61. The number of hydrogen-bond donors (Lipinski definition) is 1. The van der Waals surface area contributed by atoms with Crippen LogP contribution < -0.4 is 10.4 Å². The highest BCUT2D eigenvalue weighted by Crippen LogP contribution is 2.26. The summed E-state index contributed by atoms with van der Waals surface area (Å²) in [5.74, 6) is 0. The largest absolute Gasteiger partial charge is 0.273 e. The molecule has 0 saturated heterocycles. The number of hydrogen-bond acceptors (Lipinski definition) is 4. The number of aryl methyl sites for hydroxylation is 2. The quantitative estimate of drug-likeness (QED) is 0.837. The van der Waals surface area contributed by atoms with Crippen LogP contribution in [-0.2, 0) is 0 Å². The van der Waals surface area contributed by atoms with E-state index in [1.54, 1.807) is 12.4 Å². The van der Waals surface area contributed by atoms with E-state index >= 15 is 0 Å². The Bertz CT molecular complexity index is 479. The fourth-order valence-electron chi connectivity index (χ4n) is 1.88. The maximum atomic E-state index is 4.34. The lowest BCUT2D eigenvalue weighted by Crippen LogP contribution is -2.34. The first-order valence-electron chi connectivity index (χ1n) is 6.11. The Balaban J connectivity index is 2.47. The zero-order valence-corrected chi connectivity index (χ0v) is 11.0. The van der Waals surface area contributed by atoms with Gasteiger partial charge in [0.2, 0.25) is 0 Å². The fourth-order valence-corrected chi connectivity index (χ4v) is 1.88. The Hall–Kier alpha value is -1.94. The van der Waals surface area contributed by atoms with Crippen molar-refractivity contribution in [1.82, 2.24) is 15.4 Å². The SMILES string of the molecule is CCNN(c1cccnc1C)c1cccnc1C. The summed E-state index contributed by atoms with van der Waals surface area (Å²) in [5, 5.41) is 2.05. The number of rotatable bonds is 4. The van der Waals surface area contributed by atoms with Gasteiger partial charge in [-0.05, 0) is 38.1 Å². The smallest absolute Gasteiger partial charge is 0.0790 e. The van der Waals surface area contributed by atoms with Gasteiger partial charge < -0.3 is 0 Å². The van der Waals surface area contributed by atoms with Gasteiger partial charge in [-0.15, -0.1) is 0 Å². The van der Waals surface area contributed by atoms with Crippen molar-refractivity contribution in [1.29, 1.82) is 0 Å². The van der Waals surface area contributed by atoms with Crippen LogP contribution in [0.25, 0.3) is 0 Å². The van der Waals surface area contributed by atoms with E-state index in [0.29, 0.717) is 0 Å². The summed E-state index contributed by atoms with van der Waals surface area (Å²) >= 11 is 0. The minimum atomic E-state index is 0.836. The van der Waals surface area contributed by atoms with Gasteiger partial charge in [0.25, 0.3) is 0 Å². The zero-order valence-electron chi connectivity index (χ0n) is 11.0. The van der Waals surface area contributed by atoms with Crippen molar-refractivity contribution in [2.75, 3.05) is 11.6 Å². The number of nitrogens with one attached hydrogen (secondary N) is 1. The van der Waals surface area contributed by atoms with E-state index < -0.39 is 0 Å². The van der Waals surface area contributed by atoms with Gasteiger partial charge in [0, 0.05) is 18.9 Å². The Morgan fingerprint density at radius 3 is 1.89 bits per heavy atom. The van der Waals surface area contributed by atoms with Gasteiger partial charge in [0.1, 0.15) is 0 Å². The molecule has 2 aromatic heterocycles. The molecule has 18 heavy (non-hydrogen) atoms. The molecule has 0 aliphatic carbocycles. The summed E-state index contributed by atoms with van der Waals surface area (Å²) in [6, 6.07) is 7.99. The predicted molar refractivity (Wildman–Crippen MR) is 73.8 cm³/mol. The van der Waals surface area contributed by atoms with Crippen LogP contribution in [-0.4, -0.2) is 16.5 Å². The highest BCUT2D eigenvalue weighted by atomic mass is 15.5. The normalized spacial score (nSPS) is 10.4. The van der Waals surface area contributed by atoms with Crippen molar-refractivity contribution in [2.24, 2.45) is 0 Å². The summed E-state index contributed by atoms with van der Waals surface area (Å²) in [4.78, 5) is 8.67. The first-order chi connectivity index (χ1) is 8.74. The Morgan fingerprint density at radius 2 is 1.50 bits per heavy atom. The van der Waals surface area contributed by atoms with Gasteiger partial charge in [-0.2, -0.15) is 0 Å². The molecule has 0 saturated carbocycles. The van der Waals surface area contributed by atoms with Crippen molar-refractivity contribution in [2.45, 2.75) is 20.8 Å². The Labute approximate surface area is 108 Å². The molecule has 0 fully saturated rings. The lowest BCUT2D eigenvalue weighted by molar-refractivity contribution is 0.733. The third kappa shape index (κ3) is 2.49. The molecule has 0 aromatic carbocycles. The highest BCUT2D eigenvalue weighted by Gasteiger charge is 2.13. The second kappa shape index (κ2) is 5.60. The van der Waals surface area contributed by atoms with Crippen molar-refractivity contribution in [3.63, 3.8) is 0 Å². The topological polar surface area (TPSA) is 41.0 Å². The monoisotopic (exact) mass is 242 g/mol. The minimum Gasteiger partial charge on any atom is -0.273 e. The van der Waals surface area contributed by atoms with Crippen LogP contribution in [0.5, 0.6) is 0 Å². The molecule has 0 spiro atoms. The summed E-state index contributed by atoms with van der Waals surface area (Å²) < 4.78 is 0. The number of pyridine rings is 2. The van der Waals surface area contributed by atoms with Crippen molar-refractivity contribution in [3.8, 4) is 0 Å². The molecule has 0 unspecified atom stereocenters. The second-order valence-corrected chi connectivity index (χ2v) is 4.06. The number of aromatic nitrogens is 2. The predicted octanol–water partition coefficient (Wildman–Crippen LogP) is 2.76. The van der Waals surface area contributed by atoms with Gasteiger partial charge in [0.15, 0.2) is 0 Å². The third-order valence-electron chi connectivity index (χ3n) is 2.76. The average Bonchev–Trinajstić information content (AvgIpc) is 2.38. The molecule has 2 rings (SSSR count). The maximum Gasteiger partial charge on any atom is 0.0790 e. The van der Waals surface area contributed by atoms with E-state index in [4.69, 9.17) is 0 Å². The molecule has 1 N–H and O–H groups in total. The highest BCUT2D eigenvalue weighted by molar-refractivity contribution is 5.65. The molecule has 0 aliphatic heterocycles. The molecule has 0 aliphatic rings. The standard InChI is InChI=1S/C14H18N4/c1-4-17-18(13-7-5-9-15-11(13)2)14-8-6-10-16-12(14)3/h5-10,17H,4H2,1-3H3. The van der Waals surface area contributed by atoms with Crippen LogP contribution in [0.1, 0.15) is 18.3 Å². The summed E-state index contributed by atoms with van der Waals surface area (Å²) in [6.45, 7) is 6.92. The molecule has 0 bridgehead atoms. The van der Waals surface area contributed by atoms with E-state index in [1.807, 2.05) is 31.0 Å². The number of nitrogens with zero attached hydrogens (tertiary/aromatic N) is 3. The van der Waals surface area contributed by atoms with Crippen LogP contribution in [0.15, 0.2) is 36.7 Å². The minimum absolute atomic E-state index is 0.836. The van der Waals surface area contributed by atoms with Gasteiger partial charge in [-0.1, -0.05) is 6.92 Å². The van der Waals surface area contributed by atoms with Crippen molar-refractivity contribution in [3.05, 3.63) is 48.0 Å². The zero-order chi connectivity index (χ0) is 13.0. The van der Waals surface area contributed by atoms with Crippen LogP contribution in [0.2, 0.25) is 0 Å². The molecule has 2 aromatic rings. The van der Waals surface area contributed by atoms with Gasteiger partial charge in [0.05, 0.1) is 22.8 Å². The lowest BCUT2D eigenvalue weighted by Gasteiger charge is -2.27. The maximum absolute atomic E-state index is 4.34. The molecule has 2 heterocycles. The molecule has 4 heteroatoms. The van der Waals surface area contributed by atoms with Crippen LogP contribution in [0, 0.1) is 13.8 Å². The van der Waals surface area contributed by atoms with Crippen LogP contribution in [0.3, 0.4) is 0 Å².